The van der Waals surface area contributed by atoms with Crippen molar-refractivity contribution < 1.29 is 9.32 Å². The van der Waals surface area contributed by atoms with Gasteiger partial charge in [0.25, 0.3) is 0 Å². The second-order valence-electron chi connectivity index (χ2n) is 7.86. The number of aryl methyl sites for hydroxylation is 1. The van der Waals surface area contributed by atoms with Crippen molar-refractivity contribution in [2.45, 2.75) is 74.9 Å². The van der Waals surface area contributed by atoms with E-state index in [4.69, 9.17) is 4.52 Å². The predicted molar refractivity (Wildman–Crippen MR) is 105 cm³/mol. The van der Waals surface area contributed by atoms with Gasteiger partial charge in [-0.1, -0.05) is 38.8 Å². The van der Waals surface area contributed by atoms with Gasteiger partial charge in [-0.3, -0.25) is 4.79 Å². The summed E-state index contributed by atoms with van der Waals surface area (Å²) in [4.78, 5) is 17.8. The van der Waals surface area contributed by atoms with E-state index in [1.54, 1.807) is 0 Å². The van der Waals surface area contributed by atoms with E-state index in [9.17, 15) is 4.79 Å². The fourth-order valence-corrected chi connectivity index (χ4v) is 4.17. The Balaban J connectivity index is 1.46. The van der Waals surface area contributed by atoms with Crippen LogP contribution in [0.25, 0.3) is 0 Å². The summed E-state index contributed by atoms with van der Waals surface area (Å²) in [5.41, 5.74) is 0.675. The summed E-state index contributed by atoms with van der Waals surface area (Å²) < 4.78 is 5.23. The Morgan fingerprint density at radius 2 is 1.92 bits per heavy atom. The smallest absolute Gasteiger partial charge is 0.227 e. The SMILES string of the molecule is CC(C)(C)c1noc(CCC(=O)Nc2ccc(SC3CCCC3)cc2)n1. The maximum absolute atomic E-state index is 12.1. The summed E-state index contributed by atoms with van der Waals surface area (Å²) in [5.74, 6) is 1.13. The van der Waals surface area contributed by atoms with Crippen LogP contribution in [0, 0.1) is 0 Å². The first-order valence-electron chi connectivity index (χ1n) is 9.30. The highest BCUT2D eigenvalue weighted by atomic mass is 32.2. The molecule has 5 nitrogen and oxygen atoms in total. The molecular weight excluding hydrogens is 346 g/mol. The zero-order valence-electron chi connectivity index (χ0n) is 15.7. The normalized spacial score (nSPS) is 15.3. The molecule has 1 aromatic heterocycles. The van der Waals surface area contributed by atoms with Crippen LogP contribution in [-0.4, -0.2) is 21.3 Å². The lowest BCUT2D eigenvalue weighted by molar-refractivity contribution is -0.116. The zero-order valence-corrected chi connectivity index (χ0v) is 16.6. The second kappa shape index (κ2) is 8.25. The molecule has 0 radical (unpaired) electrons. The average Bonchev–Trinajstić information content (AvgIpc) is 3.26. The fourth-order valence-electron chi connectivity index (χ4n) is 2.92. The molecule has 1 N–H and O–H groups in total. The minimum absolute atomic E-state index is 0.0447. The summed E-state index contributed by atoms with van der Waals surface area (Å²) in [6, 6.07) is 8.12. The molecule has 0 saturated heterocycles. The van der Waals surface area contributed by atoms with E-state index in [1.165, 1.54) is 30.6 Å². The molecule has 6 heteroatoms. The van der Waals surface area contributed by atoms with E-state index in [-0.39, 0.29) is 11.3 Å². The van der Waals surface area contributed by atoms with Crippen LogP contribution in [0.2, 0.25) is 0 Å². The Hall–Kier alpha value is -1.82. The molecule has 0 atom stereocenters. The van der Waals surface area contributed by atoms with Crippen molar-refractivity contribution in [3.63, 3.8) is 0 Å². The molecule has 26 heavy (non-hydrogen) atoms. The summed E-state index contributed by atoms with van der Waals surface area (Å²) in [7, 11) is 0. The first-order chi connectivity index (χ1) is 12.4. The highest BCUT2D eigenvalue weighted by molar-refractivity contribution is 8.00. The Labute approximate surface area is 159 Å². The number of benzene rings is 1. The number of amides is 1. The van der Waals surface area contributed by atoms with E-state index in [2.05, 4.69) is 27.6 Å². The number of hydrogen-bond acceptors (Lipinski definition) is 5. The van der Waals surface area contributed by atoms with Gasteiger partial charge in [0.15, 0.2) is 5.82 Å². The molecule has 0 aliphatic heterocycles. The number of aromatic nitrogens is 2. The van der Waals surface area contributed by atoms with Gasteiger partial charge in [0.2, 0.25) is 11.8 Å². The molecule has 0 unspecified atom stereocenters. The molecule has 3 rings (SSSR count). The first-order valence-corrected chi connectivity index (χ1v) is 10.2. The van der Waals surface area contributed by atoms with Crippen molar-refractivity contribution in [2.24, 2.45) is 0 Å². The number of nitrogens with one attached hydrogen (secondary N) is 1. The molecule has 1 fully saturated rings. The number of thioether (sulfide) groups is 1. The van der Waals surface area contributed by atoms with Gasteiger partial charge in [-0.05, 0) is 37.1 Å². The molecule has 0 bridgehead atoms. The third-order valence-corrected chi connectivity index (χ3v) is 5.80. The fraction of sp³-hybridized carbons (Fsp3) is 0.550. The molecule has 1 saturated carbocycles. The molecule has 2 aromatic rings. The molecule has 1 amide bonds. The molecule has 1 aliphatic rings. The van der Waals surface area contributed by atoms with Gasteiger partial charge in [0.1, 0.15) is 0 Å². The Morgan fingerprint density at radius 1 is 1.23 bits per heavy atom. The average molecular weight is 374 g/mol. The Kier molecular flexibility index (Phi) is 6.01. The number of hydrogen-bond donors (Lipinski definition) is 1. The van der Waals surface area contributed by atoms with Crippen molar-refractivity contribution in [1.29, 1.82) is 0 Å². The molecule has 140 valence electrons. The van der Waals surface area contributed by atoms with Crippen molar-refractivity contribution in [3.05, 3.63) is 36.0 Å². The topological polar surface area (TPSA) is 68.0 Å². The van der Waals surface area contributed by atoms with Gasteiger partial charge < -0.3 is 9.84 Å². The van der Waals surface area contributed by atoms with E-state index in [1.807, 2.05) is 44.7 Å². The van der Waals surface area contributed by atoms with Gasteiger partial charge in [-0.25, -0.2) is 0 Å². The van der Waals surface area contributed by atoms with Gasteiger partial charge in [0.05, 0.1) is 0 Å². The van der Waals surface area contributed by atoms with Gasteiger partial charge in [-0.2, -0.15) is 4.98 Å². The van der Waals surface area contributed by atoms with E-state index in [0.29, 0.717) is 24.6 Å². The van der Waals surface area contributed by atoms with Crippen molar-refractivity contribution >= 4 is 23.4 Å². The summed E-state index contributed by atoms with van der Waals surface area (Å²) in [5, 5.41) is 7.67. The second-order valence-corrected chi connectivity index (χ2v) is 9.23. The minimum atomic E-state index is -0.151. The lowest BCUT2D eigenvalue weighted by Gasteiger charge is -2.10. The van der Waals surface area contributed by atoms with Crippen LogP contribution in [-0.2, 0) is 16.6 Å². The van der Waals surface area contributed by atoms with E-state index in [0.717, 1.165) is 10.9 Å². The Bertz CT molecular complexity index is 728. The van der Waals surface area contributed by atoms with Crippen molar-refractivity contribution in [3.8, 4) is 0 Å². The molecular formula is C20H27N3O2S. The molecule has 1 heterocycles. The lowest BCUT2D eigenvalue weighted by Crippen LogP contribution is -2.14. The number of nitrogens with zero attached hydrogens (tertiary/aromatic N) is 2. The number of carbonyl (C=O) groups excluding carboxylic acids is 1. The largest absolute Gasteiger partial charge is 0.339 e. The monoisotopic (exact) mass is 373 g/mol. The number of anilines is 1. The Morgan fingerprint density at radius 3 is 2.54 bits per heavy atom. The lowest BCUT2D eigenvalue weighted by atomic mass is 9.96. The van der Waals surface area contributed by atoms with Crippen LogP contribution in [0.5, 0.6) is 0 Å². The number of carbonyl (C=O) groups is 1. The van der Waals surface area contributed by atoms with Gasteiger partial charge >= 0.3 is 0 Å². The third-order valence-electron chi connectivity index (χ3n) is 4.45. The molecule has 1 aromatic carbocycles. The van der Waals surface area contributed by atoms with E-state index < -0.39 is 0 Å². The van der Waals surface area contributed by atoms with Crippen LogP contribution in [0.15, 0.2) is 33.7 Å². The summed E-state index contributed by atoms with van der Waals surface area (Å²) in [6.07, 6.45) is 6.10. The maximum atomic E-state index is 12.1. The first kappa shape index (κ1) is 19.0. The summed E-state index contributed by atoms with van der Waals surface area (Å²) >= 11 is 1.95. The van der Waals surface area contributed by atoms with Crippen LogP contribution in [0.4, 0.5) is 5.69 Å². The predicted octanol–water partition coefficient (Wildman–Crippen LogP) is 4.97. The van der Waals surface area contributed by atoms with Crippen LogP contribution in [0.1, 0.15) is 64.6 Å². The van der Waals surface area contributed by atoms with Crippen molar-refractivity contribution in [2.75, 3.05) is 5.32 Å². The van der Waals surface area contributed by atoms with E-state index >= 15 is 0 Å². The number of rotatable bonds is 6. The van der Waals surface area contributed by atoms with Gasteiger partial charge in [-0.15, -0.1) is 11.8 Å². The highest BCUT2D eigenvalue weighted by Gasteiger charge is 2.21. The minimum Gasteiger partial charge on any atom is -0.339 e. The third kappa shape index (κ3) is 5.34. The maximum Gasteiger partial charge on any atom is 0.227 e. The van der Waals surface area contributed by atoms with Crippen LogP contribution >= 0.6 is 11.8 Å². The van der Waals surface area contributed by atoms with Gasteiger partial charge in [0, 0.05) is 34.1 Å². The standard InChI is InChI=1S/C20H27N3O2S/c1-20(2,3)19-22-18(25-23-19)13-12-17(24)21-14-8-10-16(11-9-14)26-15-6-4-5-7-15/h8-11,15H,4-7,12-13H2,1-3H3,(H,21,24). The molecule has 0 spiro atoms. The van der Waals surface area contributed by atoms with Crippen LogP contribution in [0.3, 0.4) is 0 Å². The highest BCUT2D eigenvalue weighted by Crippen LogP contribution is 2.34. The zero-order chi connectivity index (χ0) is 18.6. The van der Waals surface area contributed by atoms with Crippen LogP contribution < -0.4 is 5.32 Å². The van der Waals surface area contributed by atoms with Crippen molar-refractivity contribution in [1.82, 2.24) is 10.1 Å². The quantitative estimate of drug-likeness (QED) is 0.774. The molecule has 1 aliphatic carbocycles. The summed E-state index contributed by atoms with van der Waals surface area (Å²) in [6.45, 7) is 6.09.